The SMILES string of the molecule is Cc1sc(CN)cc1S(=O)(=O)NCc1ccco1. The summed E-state index contributed by atoms with van der Waals surface area (Å²) in [4.78, 5) is 1.88. The molecule has 0 fully saturated rings. The van der Waals surface area contributed by atoms with Gasteiger partial charge in [-0.1, -0.05) is 0 Å². The topological polar surface area (TPSA) is 85.3 Å². The lowest BCUT2D eigenvalue weighted by Crippen LogP contribution is -2.23. The Morgan fingerprint density at radius 2 is 2.28 bits per heavy atom. The third kappa shape index (κ3) is 2.81. The van der Waals surface area contributed by atoms with Gasteiger partial charge in [-0.05, 0) is 25.1 Å². The predicted molar refractivity (Wildman–Crippen MR) is 69.7 cm³/mol. The summed E-state index contributed by atoms with van der Waals surface area (Å²) in [5.41, 5.74) is 5.51. The van der Waals surface area contributed by atoms with Gasteiger partial charge in [0.05, 0.1) is 17.7 Å². The van der Waals surface area contributed by atoms with Crippen molar-refractivity contribution in [1.82, 2.24) is 4.72 Å². The van der Waals surface area contributed by atoms with Crippen LogP contribution in [0.25, 0.3) is 0 Å². The summed E-state index contributed by atoms with van der Waals surface area (Å²) in [6.45, 7) is 2.26. The van der Waals surface area contributed by atoms with Crippen molar-refractivity contribution < 1.29 is 12.8 Å². The maximum absolute atomic E-state index is 12.1. The van der Waals surface area contributed by atoms with Crippen molar-refractivity contribution in [2.45, 2.75) is 24.9 Å². The van der Waals surface area contributed by atoms with Crippen LogP contribution in [-0.2, 0) is 23.1 Å². The van der Waals surface area contributed by atoms with Gasteiger partial charge in [0.25, 0.3) is 0 Å². The number of hydrogen-bond donors (Lipinski definition) is 2. The van der Waals surface area contributed by atoms with Crippen molar-refractivity contribution in [2.75, 3.05) is 0 Å². The van der Waals surface area contributed by atoms with Crippen LogP contribution in [0.5, 0.6) is 0 Å². The maximum atomic E-state index is 12.1. The second-order valence-corrected chi connectivity index (χ2v) is 6.82. The molecule has 7 heteroatoms. The molecule has 0 amide bonds. The number of sulfonamides is 1. The summed E-state index contributed by atoms with van der Waals surface area (Å²) in [7, 11) is -3.51. The lowest BCUT2D eigenvalue weighted by Gasteiger charge is -2.04. The zero-order valence-corrected chi connectivity index (χ0v) is 11.5. The van der Waals surface area contributed by atoms with Crippen molar-refractivity contribution >= 4 is 21.4 Å². The standard InChI is InChI=1S/C11H14N2O3S2/c1-8-11(5-10(6-12)17-8)18(14,15)13-7-9-3-2-4-16-9/h2-5,13H,6-7,12H2,1H3. The molecule has 0 bridgehead atoms. The van der Waals surface area contributed by atoms with Gasteiger partial charge in [0.15, 0.2) is 0 Å². The normalized spacial score (nSPS) is 11.9. The molecular formula is C11H14N2O3S2. The van der Waals surface area contributed by atoms with Crippen LogP contribution >= 0.6 is 11.3 Å². The quantitative estimate of drug-likeness (QED) is 0.874. The van der Waals surface area contributed by atoms with Gasteiger partial charge in [0.1, 0.15) is 5.76 Å². The molecule has 3 N–H and O–H groups in total. The van der Waals surface area contributed by atoms with E-state index in [1.165, 1.54) is 17.6 Å². The van der Waals surface area contributed by atoms with Crippen LogP contribution in [0.4, 0.5) is 0 Å². The molecule has 98 valence electrons. The van der Waals surface area contributed by atoms with Crippen LogP contribution in [0.3, 0.4) is 0 Å². The maximum Gasteiger partial charge on any atom is 0.242 e. The Labute approximate surface area is 110 Å². The average Bonchev–Trinajstić information content (AvgIpc) is 2.95. The van der Waals surface area contributed by atoms with Crippen molar-refractivity contribution in [2.24, 2.45) is 5.73 Å². The summed E-state index contributed by atoms with van der Waals surface area (Å²) >= 11 is 1.40. The summed E-state index contributed by atoms with van der Waals surface area (Å²) in [6, 6.07) is 5.05. The van der Waals surface area contributed by atoms with Crippen molar-refractivity contribution in [3.05, 3.63) is 40.0 Å². The minimum Gasteiger partial charge on any atom is -0.468 e. The fraction of sp³-hybridized carbons (Fsp3) is 0.273. The van der Waals surface area contributed by atoms with Crippen LogP contribution in [-0.4, -0.2) is 8.42 Å². The van der Waals surface area contributed by atoms with Crippen LogP contribution in [0, 0.1) is 6.92 Å². The van der Waals surface area contributed by atoms with E-state index in [2.05, 4.69) is 4.72 Å². The van der Waals surface area contributed by atoms with E-state index in [0.29, 0.717) is 17.2 Å². The summed E-state index contributed by atoms with van der Waals surface area (Å²) < 4.78 is 31.8. The first kappa shape index (κ1) is 13.3. The van der Waals surface area contributed by atoms with Gasteiger partial charge in [0, 0.05) is 16.3 Å². The average molecular weight is 286 g/mol. The zero-order chi connectivity index (χ0) is 13.2. The molecule has 0 aliphatic carbocycles. The first-order valence-electron chi connectivity index (χ1n) is 5.34. The van der Waals surface area contributed by atoms with Crippen LogP contribution in [0.15, 0.2) is 33.8 Å². The van der Waals surface area contributed by atoms with E-state index in [9.17, 15) is 8.42 Å². The Kier molecular flexibility index (Phi) is 3.86. The number of thiophene rings is 1. The van der Waals surface area contributed by atoms with Gasteiger partial charge in [-0.25, -0.2) is 13.1 Å². The van der Waals surface area contributed by atoms with Gasteiger partial charge in [-0.3, -0.25) is 0 Å². The highest BCUT2D eigenvalue weighted by molar-refractivity contribution is 7.89. The Morgan fingerprint density at radius 1 is 1.50 bits per heavy atom. The fourth-order valence-electron chi connectivity index (χ4n) is 1.55. The van der Waals surface area contributed by atoms with Gasteiger partial charge in [-0.2, -0.15) is 0 Å². The summed E-state index contributed by atoms with van der Waals surface area (Å²) in [5, 5.41) is 0. The minimum absolute atomic E-state index is 0.141. The van der Waals surface area contributed by atoms with E-state index in [4.69, 9.17) is 10.2 Å². The third-order valence-electron chi connectivity index (χ3n) is 2.43. The highest BCUT2D eigenvalue weighted by Crippen LogP contribution is 2.25. The Bertz CT molecular complexity index is 615. The molecule has 2 aromatic rings. The molecule has 0 aliphatic rings. The predicted octanol–water partition coefficient (Wildman–Crippen LogP) is 1.59. The number of nitrogens with one attached hydrogen (secondary N) is 1. The van der Waals surface area contributed by atoms with E-state index < -0.39 is 10.0 Å². The number of nitrogens with two attached hydrogens (primary N) is 1. The molecule has 18 heavy (non-hydrogen) atoms. The fourth-order valence-corrected chi connectivity index (χ4v) is 4.05. The van der Waals surface area contributed by atoms with Gasteiger partial charge in [-0.15, -0.1) is 11.3 Å². The van der Waals surface area contributed by atoms with Crippen molar-refractivity contribution in [1.29, 1.82) is 0 Å². The number of rotatable bonds is 5. The van der Waals surface area contributed by atoms with Crippen LogP contribution < -0.4 is 10.5 Å². The molecular weight excluding hydrogens is 272 g/mol. The van der Waals surface area contributed by atoms with E-state index in [1.54, 1.807) is 25.1 Å². The third-order valence-corrected chi connectivity index (χ3v) is 5.16. The summed E-state index contributed by atoms with van der Waals surface area (Å²) in [5.74, 6) is 0.575. The van der Waals surface area contributed by atoms with Crippen molar-refractivity contribution in [3.8, 4) is 0 Å². The summed E-state index contributed by atoms with van der Waals surface area (Å²) in [6.07, 6.45) is 1.51. The lowest BCUT2D eigenvalue weighted by atomic mass is 10.4. The lowest BCUT2D eigenvalue weighted by molar-refractivity contribution is 0.498. The van der Waals surface area contributed by atoms with Gasteiger partial charge in [0.2, 0.25) is 10.0 Å². The highest BCUT2D eigenvalue weighted by atomic mass is 32.2. The molecule has 0 aromatic carbocycles. The molecule has 0 saturated heterocycles. The number of hydrogen-bond acceptors (Lipinski definition) is 5. The van der Waals surface area contributed by atoms with E-state index in [0.717, 1.165) is 9.75 Å². The Hall–Kier alpha value is -1.15. The number of aryl methyl sites for hydroxylation is 1. The van der Waals surface area contributed by atoms with Crippen molar-refractivity contribution in [3.63, 3.8) is 0 Å². The first-order chi connectivity index (χ1) is 8.53. The molecule has 0 saturated carbocycles. The molecule has 0 radical (unpaired) electrons. The molecule has 2 aromatic heterocycles. The Balaban J connectivity index is 2.17. The van der Waals surface area contributed by atoms with E-state index >= 15 is 0 Å². The van der Waals surface area contributed by atoms with Crippen LogP contribution in [0.1, 0.15) is 15.5 Å². The Morgan fingerprint density at radius 3 is 2.83 bits per heavy atom. The van der Waals surface area contributed by atoms with Gasteiger partial charge < -0.3 is 10.2 Å². The highest BCUT2D eigenvalue weighted by Gasteiger charge is 2.19. The molecule has 2 heterocycles. The molecule has 0 spiro atoms. The van der Waals surface area contributed by atoms with E-state index in [1.807, 2.05) is 0 Å². The minimum atomic E-state index is -3.51. The van der Waals surface area contributed by atoms with Crippen LogP contribution in [0.2, 0.25) is 0 Å². The monoisotopic (exact) mass is 286 g/mol. The largest absolute Gasteiger partial charge is 0.468 e. The second kappa shape index (κ2) is 5.23. The first-order valence-corrected chi connectivity index (χ1v) is 7.64. The molecule has 0 atom stereocenters. The molecule has 0 unspecified atom stereocenters. The second-order valence-electron chi connectivity index (χ2n) is 3.74. The van der Waals surface area contributed by atoms with E-state index in [-0.39, 0.29) is 6.54 Å². The van der Waals surface area contributed by atoms with Gasteiger partial charge >= 0.3 is 0 Å². The smallest absolute Gasteiger partial charge is 0.242 e. The molecule has 5 nitrogen and oxygen atoms in total. The molecule has 2 rings (SSSR count). The molecule has 0 aliphatic heterocycles. The number of furan rings is 1. The zero-order valence-electron chi connectivity index (χ0n) is 9.84.